The normalized spacial score (nSPS) is 14.0. The van der Waals surface area contributed by atoms with Crippen LogP contribution < -0.4 is 16.0 Å². The number of carbonyl (C=O) groups excluding carboxylic acids is 1. The molecule has 1 aromatic heterocycles. The molecule has 3 N–H and O–H groups in total. The number of nitrogens with zero attached hydrogens (tertiary/aromatic N) is 3. The lowest BCUT2D eigenvalue weighted by atomic mass is 10.3. The van der Waals surface area contributed by atoms with Gasteiger partial charge in [-0.05, 0) is 45.6 Å². The SMILES string of the molecule is CN=C(NCCCC(=O)NC1CC1)NCCCn1nc(C)cc1C.I. The number of aliphatic imine (C=N–C) groups is 1. The smallest absolute Gasteiger partial charge is 0.220 e. The van der Waals surface area contributed by atoms with Crippen molar-refractivity contribution < 1.29 is 4.79 Å². The van der Waals surface area contributed by atoms with E-state index in [1.165, 1.54) is 5.69 Å². The fraction of sp³-hybridized carbons (Fsp3) is 0.706. The first-order chi connectivity index (χ1) is 11.6. The van der Waals surface area contributed by atoms with Crippen molar-refractivity contribution in [1.82, 2.24) is 25.7 Å². The van der Waals surface area contributed by atoms with Crippen molar-refractivity contribution in [2.24, 2.45) is 4.99 Å². The van der Waals surface area contributed by atoms with E-state index < -0.39 is 0 Å². The minimum atomic E-state index is 0. The van der Waals surface area contributed by atoms with E-state index in [-0.39, 0.29) is 29.9 Å². The average Bonchev–Trinajstić information content (AvgIpc) is 3.29. The van der Waals surface area contributed by atoms with Crippen LogP contribution >= 0.6 is 24.0 Å². The largest absolute Gasteiger partial charge is 0.356 e. The van der Waals surface area contributed by atoms with Crippen LogP contribution in [-0.4, -0.2) is 47.8 Å². The number of amides is 1. The molecule has 1 heterocycles. The zero-order chi connectivity index (χ0) is 17.4. The molecule has 0 aliphatic heterocycles. The Hall–Kier alpha value is -1.32. The Morgan fingerprint density at radius 3 is 2.52 bits per heavy atom. The Bertz CT molecular complexity index is 567. The lowest BCUT2D eigenvalue weighted by Crippen LogP contribution is -2.38. The van der Waals surface area contributed by atoms with Crippen LogP contribution in [0.5, 0.6) is 0 Å². The molecule has 0 aromatic carbocycles. The molecule has 142 valence electrons. The Labute approximate surface area is 167 Å². The van der Waals surface area contributed by atoms with Gasteiger partial charge in [-0.25, -0.2) is 0 Å². The van der Waals surface area contributed by atoms with Gasteiger partial charge in [-0.15, -0.1) is 24.0 Å². The van der Waals surface area contributed by atoms with E-state index in [2.05, 4.69) is 39.0 Å². The number of nitrogens with one attached hydrogen (secondary N) is 3. The molecule has 0 unspecified atom stereocenters. The summed E-state index contributed by atoms with van der Waals surface area (Å²) in [6.07, 6.45) is 4.63. The van der Waals surface area contributed by atoms with Gasteiger partial charge in [0.1, 0.15) is 0 Å². The first-order valence-electron chi connectivity index (χ1n) is 8.83. The summed E-state index contributed by atoms with van der Waals surface area (Å²) in [7, 11) is 1.76. The fourth-order valence-electron chi connectivity index (χ4n) is 2.54. The molecule has 7 nitrogen and oxygen atoms in total. The Balaban J connectivity index is 0.00000312. The second-order valence-electron chi connectivity index (χ2n) is 6.37. The Morgan fingerprint density at radius 1 is 1.28 bits per heavy atom. The number of guanidine groups is 1. The van der Waals surface area contributed by atoms with E-state index in [0.29, 0.717) is 12.5 Å². The second kappa shape index (κ2) is 11.3. The molecule has 0 atom stereocenters. The third-order valence-corrected chi connectivity index (χ3v) is 3.98. The minimum Gasteiger partial charge on any atom is -0.356 e. The Kier molecular flexibility index (Phi) is 9.84. The number of aryl methyl sites for hydroxylation is 3. The summed E-state index contributed by atoms with van der Waals surface area (Å²) in [6.45, 7) is 6.56. The summed E-state index contributed by atoms with van der Waals surface area (Å²) in [5.74, 6) is 0.943. The van der Waals surface area contributed by atoms with Gasteiger partial charge in [0.15, 0.2) is 5.96 Å². The summed E-state index contributed by atoms with van der Waals surface area (Å²) in [6, 6.07) is 2.54. The van der Waals surface area contributed by atoms with Gasteiger partial charge in [-0.2, -0.15) is 5.10 Å². The fourth-order valence-corrected chi connectivity index (χ4v) is 2.54. The second-order valence-corrected chi connectivity index (χ2v) is 6.37. The highest BCUT2D eigenvalue weighted by Gasteiger charge is 2.22. The number of rotatable bonds is 9. The molecular formula is C17H31IN6O. The molecule has 0 bridgehead atoms. The van der Waals surface area contributed by atoms with Crippen molar-refractivity contribution in [2.45, 2.75) is 58.5 Å². The highest BCUT2D eigenvalue weighted by atomic mass is 127. The molecule has 1 fully saturated rings. The molecule has 1 aromatic rings. The first kappa shape index (κ1) is 21.7. The van der Waals surface area contributed by atoms with Gasteiger partial charge in [0.05, 0.1) is 5.69 Å². The molecule has 0 radical (unpaired) electrons. The highest BCUT2D eigenvalue weighted by Crippen LogP contribution is 2.18. The predicted octanol–water partition coefficient (Wildman–Crippen LogP) is 1.73. The maximum absolute atomic E-state index is 11.6. The van der Waals surface area contributed by atoms with Crippen LogP contribution in [0.1, 0.15) is 43.5 Å². The summed E-state index contributed by atoms with van der Waals surface area (Å²) in [4.78, 5) is 15.8. The molecule has 0 spiro atoms. The van der Waals surface area contributed by atoms with Crippen LogP contribution in [-0.2, 0) is 11.3 Å². The third-order valence-electron chi connectivity index (χ3n) is 3.98. The number of hydrogen-bond acceptors (Lipinski definition) is 3. The third kappa shape index (κ3) is 8.55. The van der Waals surface area contributed by atoms with Crippen LogP contribution in [0, 0.1) is 13.8 Å². The highest BCUT2D eigenvalue weighted by molar-refractivity contribution is 14.0. The van der Waals surface area contributed by atoms with Crippen LogP contribution in [0.15, 0.2) is 11.1 Å². The van der Waals surface area contributed by atoms with E-state index >= 15 is 0 Å². The van der Waals surface area contributed by atoms with Crippen molar-refractivity contribution in [3.05, 3.63) is 17.5 Å². The average molecular weight is 462 g/mol. The number of carbonyl (C=O) groups is 1. The summed E-state index contributed by atoms with van der Waals surface area (Å²) in [5.41, 5.74) is 2.25. The molecule has 2 rings (SSSR count). The van der Waals surface area contributed by atoms with Gasteiger partial charge in [0.2, 0.25) is 5.91 Å². The zero-order valence-electron chi connectivity index (χ0n) is 15.5. The van der Waals surface area contributed by atoms with E-state index in [4.69, 9.17) is 0 Å². The van der Waals surface area contributed by atoms with Crippen LogP contribution in [0.2, 0.25) is 0 Å². The van der Waals surface area contributed by atoms with Gasteiger partial charge >= 0.3 is 0 Å². The lowest BCUT2D eigenvalue weighted by molar-refractivity contribution is -0.121. The van der Waals surface area contributed by atoms with E-state index in [1.54, 1.807) is 7.05 Å². The maximum Gasteiger partial charge on any atom is 0.220 e. The first-order valence-corrected chi connectivity index (χ1v) is 8.83. The minimum absolute atomic E-state index is 0. The van der Waals surface area contributed by atoms with Crippen molar-refractivity contribution in [3.63, 3.8) is 0 Å². The lowest BCUT2D eigenvalue weighted by Gasteiger charge is -2.12. The molecule has 1 amide bonds. The van der Waals surface area contributed by atoms with Crippen molar-refractivity contribution in [2.75, 3.05) is 20.1 Å². The molecular weight excluding hydrogens is 431 g/mol. The van der Waals surface area contributed by atoms with E-state index in [1.807, 2.05) is 11.6 Å². The van der Waals surface area contributed by atoms with Crippen molar-refractivity contribution >= 4 is 35.8 Å². The molecule has 0 saturated heterocycles. The van der Waals surface area contributed by atoms with E-state index in [9.17, 15) is 4.79 Å². The van der Waals surface area contributed by atoms with Gasteiger partial charge in [-0.3, -0.25) is 14.5 Å². The standard InChI is InChI=1S/C17H30N6O.HI/c1-13-12-14(2)23(22-13)11-5-10-20-17(18-3)19-9-4-6-16(24)21-15-7-8-15;/h12,15H,4-11H2,1-3H3,(H,21,24)(H2,18,19,20);1H. The number of hydrogen-bond donors (Lipinski definition) is 3. The zero-order valence-corrected chi connectivity index (χ0v) is 17.8. The van der Waals surface area contributed by atoms with Crippen LogP contribution in [0.4, 0.5) is 0 Å². The van der Waals surface area contributed by atoms with Gasteiger partial charge in [0, 0.05) is 44.8 Å². The van der Waals surface area contributed by atoms with Crippen molar-refractivity contribution in [1.29, 1.82) is 0 Å². The molecule has 25 heavy (non-hydrogen) atoms. The molecule has 1 aliphatic carbocycles. The van der Waals surface area contributed by atoms with Gasteiger partial charge in [-0.1, -0.05) is 0 Å². The van der Waals surface area contributed by atoms with Crippen LogP contribution in [0.25, 0.3) is 0 Å². The van der Waals surface area contributed by atoms with Crippen molar-refractivity contribution in [3.8, 4) is 0 Å². The summed E-state index contributed by atoms with van der Waals surface area (Å²) >= 11 is 0. The van der Waals surface area contributed by atoms with Gasteiger partial charge in [0.25, 0.3) is 0 Å². The molecule has 8 heteroatoms. The maximum atomic E-state index is 11.6. The molecule has 1 aliphatic rings. The predicted molar refractivity (Wildman–Crippen MR) is 111 cm³/mol. The summed E-state index contributed by atoms with van der Waals surface area (Å²) < 4.78 is 2.03. The van der Waals surface area contributed by atoms with Gasteiger partial charge < -0.3 is 16.0 Å². The monoisotopic (exact) mass is 462 g/mol. The quantitative estimate of drug-likeness (QED) is 0.226. The topological polar surface area (TPSA) is 83.3 Å². The molecule has 1 saturated carbocycles. The Morgan fingerprint density at radius 2 is 1.96 bits per heavy atom. The number of aromatic nitrogens is 2. The number of halogens is 1. The summed E-state index contributed by atoms with van der Waals surface area (Å²) in [5, 5.41) is 14.0. The van der Waals surface area contributed by atoms with Crippen LogP contribution in [0.3, 0.4) is 0 Å². The van der Waals surface area contributed by atoms with E-state index in [0.717, 1.165) is 57.0 Å².